The van der Waals surface area contributed by atoms with E-state index in [9.17, 15) is 0 Å². The van der Waals surface area contributed by atoms with Crippen molar-refractivity contribution in [1.29, 1.82) is 0 Å². The van der Waals surface area contributed by atoms with Crippen molar-refractivity contribution in [3.05, 3.63) is 325 Å². The molecule has 0 unspecified atom stereocenters. The summed E-state index contributed by atoms with van der Waals surface area (Å²) in [6.07, 6.45) is 0. The van der Waals surface area contributed by atoms with Crippen molar-refractivity contribution >= 4 is 60.4 Å². The van der Waals surface area contributed by atoms with Crippen LogP contribution in [0.1, 0.15) is 47.2 Å². The molecule has 0 saturated carbocycles. The average molecular weight is 1020 g/mol. The molecule has 0 bridgehead atoms. The minimum absolute atomic E-state index is 0.271. The zero-order valence-electron chi connectivity index (χ0n) is 44.6. The number of anilines is 3. The molecule has 16 rings (SSSR count). The van der Waals surface area contributed by atoms with E-state index in [1.54, 1.807) is 0 Å². The van der Waals surface area contributed by atoms with Crippen LogP contribution in [0.4, 0.5) is 17.1 Å². The van der Waals surface area contributed by atoms with E-state index in [0.717, 1.165) is 22.7 Å². The second-order valence-corrected chi connectivity index (χ2v) is 22.4. The summed E-state index contributed by atoms with van der Waals surface area (Å²) in [5.41, 5.74) is 24.0. The fraction of sp³-hybridized carbons (Fsp3) is 0.0513. The number of nitrogens with zero attached hydrogens (tertiary/aromatic N) is 2. The summed E-state index contributed by atoms with van der Waals surface area (Å²) < 4.78 is 2.49. The van der Waals surface area contributed by atoms with Crippen LogP contribution in [-0.2, 0) is 10.8 Å². The maximum atomic E-state index is 2.49. The molecule has 0 N–H and O–H groups in total. The monoisotopic (exact) mass is 1020 g/mol. The summed E-state index contributed by atoms with van der Waals surface area (Å²) >= 11 is 0. The number of benzene rings is 13. The van der Waals surface area contributed by atoms with Crippen molar-refractivity contribution < 1.29 is 0 Å². The van der Waals surface area contributed by atoms with Gasteiger partial charge in [0.25, 0.3) is 0 Å². The number of rotatable bonds is 8. The van der Waals surface area contributed by atoms with Gasteiger partial charge in [0.1, 0.15) is 0 Å². The molecule has 0 aliphatic heterocycles. The third-order valence-electron chi connectivity index (χ3n) is 17.8. The normalized spacial score (nSPS) is 13.6. The van der Waals surface area contributed by atoms with Gasteiger partial charge in [-0.05, 0) is 161 Å². The van der Waals surface area contributed by atoms with Crippen LogP contribution >= 0.6 is 0 Å². The molecule has 2 heteroatoms. The minimum Gasteiger partial charge on any atom is -0.310 e. The highest BCUT2D eigenvalue weighted by Gasteiger charge is 2.46. The SMILES string of the molecule is CC1(C)c2cc(-c3ccc4c(c3)c3ccccc3n4-c3ccc4c(c3)C(c3ccccc3)(c3ccccc3)c3ccccc3-4)ccc2-c2ccc(N(c3ccc(-c4ccccc4)cc3)c3cc4ccccc4c4ccccc34)cc21. The Bertz CT molecular complexity index is 4740. The quantitative estimate of drug-likeness (QED) is 0.138. The fourth-order valence-electron chi connectivity index (χ4n) is 14.1. The molecule has 0 spiro atoms. The van der Waals surface area contributed by atoms with Crippen LogP contribution in [0.2, 0.25) is 0 Å². The van der Waals surface area contributed by atoms with Crippen LogP contribution in [0.15, 0.2) is 291 Å². The van der Waals surface area contributed by atoms with Crippen molar-refractivity contribution in [1.82, 2.24) is 4.57 Å². The molecule has 376 valence electrons. The lowest BCUT2D eigenvalue weighted by atomic mass is 9.67. The van der Waals surface area contributed by atoms with Gasteiger partial charge < -0.3 is 9.47 Å². The van der Waals surface area contributed by atoms with E-state index < -0.39 is 5.41 Å². The smallest absolute Gasteiger partial charge is 0.0714 e. The second-order valence-electron chi connectivity index (χ2n) is 22.4. The van der Waals surface area contributed by atoms with Crippen molar-refractivity contribution in [3.63, 3.8) is 0 Å². The fourth-order valence-corrected chi connectivity index (χ4v) is 14.1. The summed E-state index contributed by atoms with van der Waals surface area (Å²) in [7, 11) is 0. The maximum absolute atomic E-state index is 2.49. The number of hydrogen-bond donors (Lipinski definition) is 0. The van der Waals surface area contributed by atoms with E-state index in [4.69, 9.17) is 0 Å². The van der Waals surface area contributed by atoms with Gasteiger partial charge in [0.2, 0.25) is 0 Å². The highest BCUT2D eigenvalue weighted by atomic mass is 15.1. The molecule has 2 nitrogen and oxygen atoms in total. The Morgan fingerprint density at radius 3 is 1.57 bits per heavy atom. The van der Waals surface area contributed by atoms with Crippen LogP contribution in [0.25, 0.3) is 93.5 Å². The zero-order valence-corrected chi connectivity index (χ0v) is 44.6. The first-order valence-corrected chi connectivity index (χ1v) is 28.0. The molecule has 0 amide bonds. The molecule has 0 saturated heterocycles. The Hall–Kier alpha value is -10.0. The van der Waals surface area contributed by atoms with Crippen molar-refractivity contribution in [3.8, 4) is 50.2 Å². The van der Waals surface area contributed by atoms with Crippen molar-refractivity contribution in [2.24, 2.45) is 0 Å². The molecule has 13 aromatic carbocycles. The largest absolute Gasteiger partial charge is 0.310 e. The molecule has 0 fully saturated rings. The lowest BCUT2D eigenvalue weighted by Gasteiger charge is -2.34. The van der Waals surface area contributed by atoms with E-state index in [0.29, 0.717) is 0 Å². The van der Waals surface area contributed by atoms with Crippen LogP contribution < -0.4 is 4.90 Å². The van der Waals surface area contributed by atoms with Gasteiger partial charge in [-0.25, -0.2) is 0 Å². The maximum Gasteiger partial charge on any atom is 0.0714 e. The summed E-state index contributed by atoms with van der Waals surface area (Å²) in [4.78, 5) is 2.48. The number of hydrogen-bond acceptors (Lipinski definition) is 1. The van der Waals surface area contributed by atoms with Crippen LogP contribution in [0.5, 0.6) is 0 Å². The molecule has 1 heterocycles. The number of para-hydroxylation sites is 1. The summed E-state index contributed by atoms with van der Waals surface area (Å²) in [5.74, 6) is 0. The Balaban J connectivity index is 0.804. The van der Waals surface area contributed by atoms with Crippen molar-refractivity contribution in [2.75, 3.05) is 4.90 Å². The Morgan fingerprint density at radius 1 is 0.300 bits per heavy atom. The molecular formula is C78H54N2. The van der Waals surface area contributed by atoms with Crippen LogP contribution in [-0.4, -0.2) is 4.57 Å². The Labute approximate surface area is 466 Å². The standard InChI is InChI=1S/C78H54N2/c1-77(2)71-47-54(36-42-64(71)65-43-40-59(49-72(65)77)79(58-38-34-52(35-39-58)51-20-6-3-7-21-51)76-48-55-22-12-13-27-61(55)62-28-14-15-30-67(62)76)53-37-45-75-69(46-53)68-31-17-19-33-74(68)80(75)60-41-44-66-63-29-16-18-32-70(63)78(73(66)50-60,56-23-8-4-9-24-56)57-25-10-5-11-26-57/h3-50H,1-2H3. The van der Waals surface area contributed by atoms with Crippen LogP contribution in [0.3, 0.4) is 0 Å². The summed E-state index contributed by atoms with van der Waals surface area (Å²) in [6, 6.07) is 109. The highest BCUT2D eigenvalue weighted by molar-refractivity contribution is 6.15. The third-order valence-corrected chi connectivity index (χ3v) is 17.8. The van der Waals surface area contributed by atoms with Gasteiger partial charge in [0.15, 0.2) is 0 Å². The first kappa shape index (κ1) is 46.1. The van der Waals surface area contributed by atoms with Gasteiger partial charge in [-0.1, -0.05) is 238 Å². The van der Waals surface area contributed by atoms with E-state index >= 15 is 0 Å². The molecule has 0 radical (unpaired) electrons. The van der Waals surface area contributed by atoms with Gasteiger partial charge in [0.05, 0.1) is 22.1 Å². The first-order valence-electron chi connectivity index (χ1n) is 28.0. The summed E-state index contributed by atoms with van der Waals surface area (Å²) in [6.45, 7) is 4.82. The molecule has 2 aliphatic rings. The Morgan fingerprint density at radius 2 is 0.812 bits per heavy atom. The van der Waals surface area contributed by atoms with E-state index in [2.05, 4.69) is 315 Å². The molecule has 14 aromatic rings. The van der Waals surface area contributed by atoms with Gasteiger partial charge >= 0.3 is 0 Å². The van der Waals surface area contributed by atoms with E-state index in [1.807, 2.05) is 0 Å². The van der Waals surface area contributed by atoms with Gasteiger partial charge in [0, 0.05) is 38.6 Å². The number of aromatic nitrogens is 1. The molecule has 1 aromatic heterocycles. The minimum atomic E-state index is -0.487. The van der Waals surface area contributed by atoms with Crippen molar-refractivity contribution in [2.45, 2.75) is 24.7 Å². The highest BCUT2D eigenvalue weighted by Crippen LogP contribution is 2.57. The third kappa shape index (κ3) is 6.79. The second kappa shape index (κ2) is 17.8. The zero-order chi connectivity index (χ0) is 53.1. The predicted octanol–water partition coefficient (Wildman–Crippen LogP) is 20.6. The predicted molar refractivity (Wildman–Crippen MR) is 336 cm³/mol. The van der Waals surface area contributed by atoms with E-state index in [-0.39, 0.29) is 5.41 Å². The van der Waals surface area contributed by atoms with Gasteiger partial charge in [-0.3, -0.25) is 0 Å². The van der Waals surface area contributed by atoms with Gasteiger partial charge in [-0.2, -0.15) is 0 Å². The molecular weight excluding hydrogens is 965 g/mol. The van der Waals surface area contributed by atoms with Gasteiger partial charge in [-0.15, -0.1) is 0 Å². The first-order chi connectivity index (χ1) is 39.4. The lowest BCUT2D eigenvalue weighted by molar-refractivity contribution is 0.660. The lowest BCUT2D eigenvalue weighted by Crippen LogP contribution is -2.28. The van der Waals surface area contributed by atoms with E-state index in [1.165, 1.54) is 121 Å². The van der Waals surface area contributed by atoms with Crippen LogP contribution in [0, 0.1) is 0 Å². The molecule has 80 heavy (non-hydrogen) atoms. The summed E-state index contributed by atoms with van der Waals surface area (Å²) in [5, 5.41) is 7.43. The topological polar surface area (TPSA) is 8.17 Å². The Kier molecular flexibility index (Phi) is 10.2. The number of fused-ring (bicyclic) bond motifs is 12. The molecule has 2 aliphatic carbocycles. The molecule has 0 atom stereocenters. The average Bonchev–Trinajstić information content (AvgIpc) is 4.27.